The predicted molar refractivity (Wildman–Crippen MR) is 78.5 cm³/mol. The molecule has 2 rings (SSSR count). The van der Waals surface area contributed by atoms with E-state index in [0.29, 0.717) is 5.75 Å². The minimum Gasteiger partial charge on any atom is -0.396 e. The Hall–Kier alpha value is -0.650. The molecule has 0 spiro atoms. The summed E-state index contributed by atoms with van der Waals surface area (Å²) in [7, 11) is 0. The van der Waals surface area contributed by atoms with E-state index < -0.39 is 0 Å². The quantitative estimate of drug-likeness (QED) is 0.841. The van der Waals surface area contributed by atoms with Crippen LogP contribution < -0.4 is 4.90 Å². The van der Waals surface area contributed by atoms with Gasteiger partial charge in [-0.2, -0.15) is 11.8 Å². The van der Waals surface area contributed by atoms with Gasteiger partial charge in [-0.05, 0) is 24.3 Å². The number of fused-ring (bicyclic) bond motifs is 1. The van der Waals surface area contributed by atoms with Gasteiger partial charge in [-0.25, -0.2) is 0 Å². The molecule has 1 heterocycles. The van der Waals surface area contributed by atoms with Crippen LogP contribution in [-0.2, 0) is 4.79 Å². The van der Waals surface area contributed by atoms with Crippen molar-refractivity contribution in [2.24, 2.45) is 0 Å². The molecule has 3 nitrogen and oxygen atoms in total. The van der Waals surface area contributed by atoms with Crippen LogP contribution >= 0.6 is 23.5 Å². The first kappa shape index (κ1) is 13.8. The van der Waals surface area contributed by atoms with Crippen molar-refractivity contribution < 1.29 is 9.90 Å². The minimum absolute atomic E-state index is 0.172. The van der Waals surface area contributed by atoms with Crippen LogP contribution in [0.4, 0.5) is 5.69 Å². The van der Waals surface area contributed by atoms with Gasteiger partial charge in [0.2, 0.25) is 5.91 Å². The standard InChI is InChI=1S/C13H17NO2S2/c15-7-3-8-17-10-13(16)14-6-9-18-12-5-2-1-4-11(12)14/h1-2,4-5,15H,3,6-10H2. The van der Waals surface area contributed by atoms with Crippen molar-refractivity contribution in [2.75, 3.05) is 35.3 Å². The topological polar surface area (TPSA) is 40.5 Å². The Morgan fingerprint density at radius 3 is 3.11 bits per heavy atom. The first-order chi connectivity index (χ1) is 8.83. The third kappa shape index (κ3) is 3.43. The lowest BCUT2D eigenvalue weighted by Gasteiger charge is -2.28. The zero-order valence-electron chi connectivity index (χ0n) is 10.2. The van der Waals surface area contributed by atoms with Crippen LogP contribution in [0.25, 0.3) is 0 Å². The Labute approximate surface area is 116 Å². The summed E-state index contributed by atoms with van der Waals surface area (Å²) in [6.07, 6.45) is 0.754. The summed E-state index contributed by atoms with van der Waals surface area (Å²) in [6, 6.07) is 8.07. The molecule has 1 aliphatic rings. The summed E-state index contributed by atoms with van der Waals surface area (Å²) in [5, 5.41) is 8.70. The van der Waals surface area contributed by atoms with Crippen LogP contribution in [0.15, 0.2) is 29.2 Å². The summed E-state index contributed by atoms with van der Waals surface area (Å²) in [5.74, 6) is 2.47. The number of anilines is 1. The van der Waals surface area contributed by atoms with Crippen molar-refractivity contribution in [2.45, 2.75) is 11.3 Å². The largest absolute Gasteiger partial charge is 0.396 e. The van der Waals surface area contributed by atoms with E-state index in [2.05, 4.69) is 6.07 Å². The van der Waals surface area contributed by atoms with Gasteiger partial charge < -0.3 is 10.0 Å². The van der Waals surface area contributed by atoms with Crippen molar-refractivity contribution in [3.05, 3.63) is 24.3 Å². The van der Waals surface area contributed by atoms with E-state index in [9.17, 15) is 4.79 Å². The van der Waals surface area contributed by atoms with Gasteiger partial charge in [0.25, 0.3) is 0 Å². The molecule has 18 heavy (non-hydrogen) atoms. The number of carbonyl (C=O) groups is 1. The van der Waals surface area contributed by atoms with Crippen LogP contribution in [-0.4, -0.2) is 41.4 Å². The highest BCUT2D eigenvalue weighted by Crippen LogP contribution is 2.34. The SMILES string of the molecule is O=C(CSCCCO)N1CCSc2ccccc21. The molecule has 1 aliphatic heterocycles. The third-order valence-corrected chi connectivity index (χ3v) is 4.77. The minimum atomic E-state index is 0.172. The number of amides is 1. The Bertz CT molecular complexity index is 412. The molecule has 0 saturated heterocycles. The molecule has 1 aromatic carbocycles. The number of aliphatic hydroxyl groups excluding tert-OH is 1. The molecule has 1 amide bonds. The lowest BCUT2D eigenvalue weighted by atomic mass is 10.3. The van der Waals surface area contributed by atoms with Gasteiger partial charge >= 0.3 is 0 Å². The Morgan fingerprint density at radius 2 is 2.28 bits per heavy atom. The highest BCUT2D eigenvalue weighted by atomic mass is 32.2. The van der Waals surface area contributed by atoms with Gasteiger partial charge in [0.1, 0.15) is 0 Å². The van der Waals surface area contributed by atoms with E-state index in [4.69, 9.17) is 5.11 Å². The highest BCUT2D eigenvalue weighted by Gasteiger charge is 2.21. The maximum absolute atomic E-state index is 12.2. The van der Waals surface area contributed by atoms with Crippen LogP contribution in [0.1, 0.15) is 6.42 Å². The monoisotopic (exact) mass is 283 g/mol. The molecule has 0 aromatic heterocycles. The van der Waals surface area contributed by atoms with Crippen LogP contribution in [0.5, 0.6) is 0 Å². The summed E-state index contributed by atoms with van der Waals surface area (Å²) >= 11 is 3.40. The first-order valence-corrected chi connectivity index (χ1v) is 8.18. The van der Waals surface area contributed by atoms with Crippen molar-refractivity contribution in [3.8, 4) is 0 Å². The molecule has 98 valence electrons. The fourth-order valence-corrected chi connectivity index (χ4v) is 3.64. The number of carbonyl (C=O) groups excluding carboxylic acids is 1. The predicted octanol–water partition coefficient (Wildman–Crippen LogP) is 2.24. The van der Waals surface area contributed by atoms with Crippen molar-refractivity contribution in [3.63, 3.8) is 0 Å². The van der Waals surface area contributed by atoms with E-state index >= 15 is 0 Å². The zero-order valence-corrected chi connectivity index (χ0v) is 11.8. The van der Waals surface area contributed by atoms with Gasteiger partial charge in [0, 0.05) is 23.8 Å². The molecule has 0 unspecified atom stereocenters. The van der Waals surface area contributed by atoms with Gasteiger partial charge in [0.15, 0.2) is 0 Å². The molecule has 1 N–H and O–H groups in total. The highest BCUT2D eigenvalue weighted by molar-refractivity contribution is 8.00. The van der Waals surface area contributed by atoms with Crippen molar-refractivity contribution >= 4 is 35.1 Å². The summed E-state index contributed by atoms with van der Waals surface area (Å²) < 4.78 is 0. The number of aliphatic hydroxyl groups is 1. The second kappa shape index (κ2) is 7.07. The Balaban J connectivity index is 1.95. The molecule has 0 atom stereocenters. The Kier molecular flexibility index (Phi) is 5.41. The Morgan fingerprint density at radius 1 is 1.44 bits per heavy atom. The second-order valence-corrected chi connectivity index (χ2v) is 6.23. The van der Waals surface area contributed by atoms with E-state index in [0.717, 1.165) is 30.2 Å². The maximum Gasteiger partial charge on any atom is 0.237 e. The average molecular weight is 283 g/mol. The fourth-order valence-electron chi connectivity index (χ4n) is 1.83. The number of benzene rings is 1. The average Bonchev–Trinajstić information content (AvgIpc) is 2.43. The summed E-state index contributed by atoms with van der Waals surface area (Å²) in [6.45, 7) is 0.992. The zero-order chi connectivity index (χ0) is 12.8. The smallest absolute Gasteiger partial charge is 0.237 e. The number of hydrogen-bond donors (Lipinski definition) is 1. The lowest BCUT2D eigenvalue weighted by Crippen LogP contribution is -2.36. The molecular weight excluding hydrogens is 266 g/mol. The first-order valence-electron chi connectivity index (χ1n) is 6.03. The van der Waals surface area contributed by atoms with Gasteiger partial charge in [0.05, 0.1) is 11.4 Å². The van der Waals surface area contributed by atoms with E-state index in [1.54, 1.807) is 11.8 Å². The van der Waals surface area contributed by atoms with Gasteiger partial charge in [-0.15, -0.1) is 11.8 Å². The molecule has 0 fully saturated rings. The normalized spacial score (nSPS) is 14.4. The van der Waals surface area contributed by atoms with Crippen LogP contribution in [0.2, 0.25) is 0 Å². The van der Waals surface area contributed by atoms with Crippen LogP contribution in [0, 0.1) is 0 Å². The summed E-state index contributed by atoms with van der Waals surface area (Å²) in [5.41, 5.74) is 1.04. The number of nitrogens with zero attached hydrogens (tertiary/aromatic N) is 1. The molecule has 0 radical (unpaired) electrons. The number of para-hydroxylation sites is 1. The van der Waals surface area contributed by atoms with Crippen LogP contribution in [0.3, 0.4) is 0 Å². The molecule has 1 aromatic rings. The fraction of sp³-hybridized carbons (Fsp3) is 0.462. The van der Waals surface area contributed by atoms with Gasteiger partial charge in [-0.3, -0.25) is 4.79 Å². The van der Waals surface area contributed by atoms with Crippen molar-refractivity contribution in [1.29, 1.82) is 0 Å². The molecule has 5 heteroatoms. The number of thioether (sulfide) groups is 2. The number of hydrogen-bond acceptors (Lipinski definition) is 4. The maximum atomic E-state index is 12.2. The molecule has 0 saturated carbocycles. The lowest BCUT2D eigenvalue weighted by molar-refractivity contribution is -0.116. The van der Waals surface area contributed by atoms with Crippen molar-refractivity contribution in [1.82, 2.24) is 0 Å². The van der Waals surface area contributed by atoms with E-state index in [-0.39, 0.29) is 12.5 Å². The summed E-state index contributed by atoms with van der Waals surface area (Å²) in [4.78, 5) is 15.2. The second-order valence-electron chi connectivity index (χ2n) is 3.99. The molecule has 0 bridgehead atoms. The van der Waals surface area contributed by atoms with E-state index in [1.807, 2.05) is 34.9 Å². The van der Waals surface area contributed by atoms with Gasteiger partial charge in [-0.1, -0.05) is 12.1 Å². The molecular formula is C13H17NO2S2. The molecule has 0 aliphatic carbocycles. The number of rotatable bonds is 5. The third-order valence-electron chi connectivity index (χ3n) is 2.70. The van der Waals surface area contributed by atoms with E-state index in [1.165, 1.54) is 4.90 Å².